The first-order valence-corrected chi connectivity index (χ1v) is 6.66. The number of furan rings is 1. The van der Waals surface area contributed by atoms with Crippen LogP contribution in [0, 0.1) is 0 Å². The molecule has 1 aliphatic heterocycles. The standard InChI is InChI=1S/C15H15N3O/c1-2-6-12-11(5-1)16-15(17-12)18-9-3-7-13(18)14-8-4-10-19-14/h1-2,4-6,8,10,13H,3,7,9H2,(H,16,17). The van der Waals surface area contributed by atoms with Crippen molar-refractivity contribution in [3.05, 3.63) is 48.4 Å². The molecule has 0 amide bonds. The van der Waals surface area contributed by atoms with E-state index in [4.69, 9.17) is 4.42 Å². The second-order valence-corrected chi connectivity index (χ2v) is 4.94. The normalized spacial score (nSPS) is 19.4. The van der Waals surface area contributed by atoms with Crippen LogP contribution in [-0.2, 0) is 0 Å². The van der Waals surface area contributed by atoms with Crippen LogP contribution in [0.5, 0.6) is 0 Å². The third-order valence-electron chi connectivity index (χ3n) is 3.77. The molecule has 1 atom stereocenters. The van der Waals surface area contributed by atoms with Crippen LogP contribution in [0.2, 0.25) is 0 Å². The molecule has 19 heavy (non-hydrogen) atoms. The minimum atomic E-state index is 0.301. The fourth-order valence-corrected chi connectivity index (χ4v) is 2.87. The molecule has 0 bridgehead atoms. The number of aromatic amines is 1. The topological polar surface area (TPSA) is 45.1 Å². The van der Waals surface area contributed by atoms with Gasteiger partial charge in [0.15, 0.2) is 0 Å². The highest BCUT2D eigenvalue weighted by molar-refractivity contribution is 5.77. The van der Waals surface area contributed by atoms with Gasteiger partial charge in [-0.1, -0.05) is 12.1 Å². The number of hydrogen-bond acceptors (Lipinski definition) is 3. The van der Waals surface area contributed by atoms with Gasteiger partial charge in [-0.05, 0) is 37.1 Å². The summed E-state index contributed by atoms with van der Waals surface area (Å²) in [5.41, 5.74) is 2.10. The van der Waals surface area contributed by atoms with E-state index < -0.39 is 0 Å². The van der Waals surface area contributed by atoms with E-state index in [1.165, 1.54) is 6.42 Å². The summed E-state index contributed by atoms with van der Waals surface area (Å²) in [6.07, 6.45) is 4.03. The summed E-state index contributed by atoms with van der Waals surface area (Å²) >= 11 is 0. The maximum absolute atomic E-state index is 5.56. The minimum Gasteiger partial charge on any atom is -0.467 e. The van der Waals surface area contributed by atoms with E-state index in [0.29, 0.717) is 6.04 Å². The maximum atomic E-state index is 5.56. The van der Waals surface area contributed by atoms with Gasteiger partial charge in [-0.25, -0.2) is 4.98 Å². The molecular weight excluding hydrogens is 238 g/mol. The summed E-state index contributed by atoms with van der Waals surface area (Å²) in [7, 11) is 0. The number of para-hydroxylation sites is 2. The van der Waals surface area contributed by atoms with Crippen LogP contribution < -0.4 is 4.90 Å². The molecule has 3 aromatic rings. The fourth-order valence-electron chi connectivity index (χ4n) is 2.87. The Morgan fingerprint density at radius 1 is 1.21 bits per heavy atom. The molecule has 1 fully saturated rings. The molecule has 0 saturated carbocycles. The van der Waals surface area contributed by atoms with Crippen molar-refractivity contribution in [3.63, 3.8) is 0 Å². The molecular formula is C15H15N3O. The molecule has 1 unspecified atom stereocenters. The summed E-state index contributed by atoms with van der Waals surface area (Å²) in [5.74, 6) is 1.97. The Bertz CT molecular complexity index is 653. The van der Waals surface area contributed by atoms with Gasteiger partial charge in [0.1, 0.15) is 5.76 Å². The van der Waals surface area contributed by atoms with E-state index in [2.05, 4.69) is 20.9 Å². The summed E-state index contributed by atoms with van der Waals surface area (Å²) in [6.45, 7) is 1.02. The molecule has 1 saturated heterocycles. The Kier molecular flexibility index (Phi) is 2.33. The number of H-pyrrole nitrogens is 1. The molecule has 0 radical (unpaired) electrons. The minimum absolute atomic E-state index is 0.301. The van der Waals surface area contributed by atoms with Gasteiger partial charge in [0.2, 0.25) is 5.95 Å². The second-order valence-electron chi connectivity index (χ2n) is 4.94. The third kappa shape index (κ3) is 1.71. The van der Waals surface area contributed by atoms with Gasteiger partial charge in [0.05, 0.1) is 23.3 Å². The van der Waals surface area contributed by atoms with Crippen LogP contribution >= 0.6 is 0 Å². The summed E-state index contributed by atoms with van der Waals surface area (Å²) in [4.78, 5) is 10.4. The molecule has 2 aromatic heterocycles. The summed E-state index contributed by atoms with van der Waals surface area (Å²) in [5, 5.41) is 0. The number of nitrogens with one attached hydrogen (secondary N) is 1. The Morgan fingerprint density at radius 2 is 2.16 bits per heavy atom. The lowest BCUT2D eigenvalue weighted by molar-refractivity contribution is 0.464. The number of nitrogens with zero attached hydrogens (tertiary/aromatic N) is 2. The second kappa shape index (κ2) is 4.16. The highest BCUT2D eigenvalue weighted by atomic mass is 16.3. The predicted octanol–water partition coefficient (Wildman–Crippen LogP) is 3.50. The highest BCUT2D eigenvalue weighted by Gasteiger charge is 2.30. The first kappa shape index (κ1) is 10.7. The Labute approximate surface area is 111 Å². The van der Waals surface area contributed by atoms with Gasteiger partial charge < -0.3 is 14.3 Å². The Morgan fingerprint density at radius 3 is 3.00 bits per heavy atom. The largest absolute Gasteiger partial charge is 0.467 e. The monoisotopic (exact) mass is 253 g/mol. The van der Waals surface area contributed by atoms with Crippen molar-refractivity contribution >= 4 is 17.0 Å². The van der Waals surface area contributed by atoms with Crippen LogP contribution in [0.3, 0.4) is 0 Å². The highest BCUT2D eigenvalue weighted by Crippen LogP contribution is 2.35. The van der Waals surface area contributed by atoms with Crippen LogP contribution in [0.15, 0.2) is 47.1 Å². The van der Waals surface area contributed by atoms with Crippen molar-refractivity contribution in [3.8, 4) is 0 Å². The van der Waals surface area contributed by atoms with Crippen molar-refractivity contribution in [2.24, 2.45) is 0 Å². The molecule has 1 N–H and O–H groups in total. The van der Waals surface area contributed by atoms with Crippen LogP contribution in [0.1, 0.15) is 24.6 Å². The van der Waals surface area contributed by atoms with E-state index in [0.717, 1.165) is 35.7 Å². The molecule has 4 nitrogen and oxygen atoms in total. The zero-order chi connectivity index (χ0) is 12.7. The lowest BCUT2D eigenvalue weighted by Crippen LogP contribution is -2.23. The zero-order valence-corrected chi connectivity index (χ0v) is 10.5. The molecule has 1 aliphatic rings. The van der Waals surface area contributed by atoms with Crippen LogP contribution in [0.4, 0.5) is 5.95 Å². The van der Waals surface area contributed by atoms with Crippen molar-refractivity contribution in [1.29, 1.82) is 0 Å². The molecule has 96 valence electrons. The smallest absolute Gasteiger partial charge is 0.204 e. The first-order chi connectivity index (χ1) is 9.42. The maximum Gasteiger partial charge on any atom is 0.204 e. The number of fused-ring (bicyclic) bond motifs is 1. The molecule has 0 spiro atoms. The average Bonchev–Trinajstić information content (AvgIpc) is 3.17. The molecule has 1 aromatic carbocycles. The van der Waals surface area contributed by atoms with E-state index in [9.17, 15) is 0 Å². The number of hydrogen-bond donors (Lipinski definition) is 1. The fraction of sp³-hybridized carbons (Fsp3) is 0.267. The van der Waals surface area contributed by atoms with Gasteiger partial charge >= 0.3 is 0 Å². The van der Waals surface area contributed by atoms with E-state index in [1.807, 2.05) is 30.3 Å². The number of imidazole rings is 1. The number of rotatable bonds is 2. The number of benzene rings is 1. The van der Waals surface area contributed by atoms with Gasteiger partial charge in [-0.3, -0.25) is 0 Å². The van der Waals surface area contributed by atoms with Crippen molar-refractivity contribution in [1.82, 2.24) is 9.97 Å². The lowest BCUT2D eigenvalue weighted by atomic mass is 10.2. The number of anilines is 1. The molecule has 0 aliphatic carbocycles. The summed E-state index contributed by atoms with van der Waals surface area (Å²) in [6, 6.07) is 12.4. The van der Waals surface area contributed by atoms with Gasteiger partial charge in [-0.15, -0.1) is 0 Å². The van der Waals surface area contributed by atoms with E-state index in [1.54, 1.807) is 6.26 Å². The third-order valence-corrected chi connectivity index (χ3v) is 3.77. The SMILES string of the molecule is c1coc(C2CCCN2c2nc3ccccc3[nH]2)c1. The summed E-state index contributed by atoms with van der Waals surface area (Å²) < 4.78 is 5.56. The average molecular weight is 253 g/mol. The Balaban J connectivity index is 1.74. The molecule has 4 heteroatoms. The van der Waals surface area contributed by atoms with Crippen LogP contribution in [-0.4, -0.2) is 16.5 Å². The quantitative estimate of drug-likeness (QED) is 0.760. The van der Waals surface area contributed by atoms with E-state index >= 15 is 0 Å². The van der Waals surface area contributed by atoms with Gasteiger partial charge in [0, 0.05) is 6.54 Å². The van der Waals surface area contributed by atoms with Gasteiger partial charge in [-0.2, -0.15) is 0 Å². The molecule has 4 rings (SSSR count). The lowest BCUT2D eigenvalue weighted by Gasteiger charge is -2.22. The predicted molar refractivity (Wildman–Crippen MR) is 74.1 cm³/mol. The van der Waals surface area contributed by atoms with Crippen molar-refractivity contribution in [2.75, 3.05) is 11.4 Å². The van der Waals surface area contributed by atoms with E-state index in [-0.39, 0.29) is 0 Å². The zero-order valence-electron chi connectivity index (χ0n) is 10.5. The Hall–Kier alpha value is -2.23. The van der Waals surface area contributed by atoms with Crippen LogP contribution in [0.25, 0.3) is 11.0 Å². The van der Waals surface area contributed by atoms with Crippen molar-refractivity contribution < 1.29 is 4.42 Å². The van der Waals surface area contributed by atoms with Crippen molar-refractivity contribution in [2.45, 2.75) is 18.9 Å². The van der Waals surface area contributed by atoms with Gasteiger partial charge in [0.25, 0.3) is 0 Å². The number of aromatic nitrogens is 2. The first-order valence-electron chi connectivity index (χ1n) is 6.66. The molecule has 3 heterocycles.